The van der Waals surface area contributed by atoms with Gasteiger partial charge in [-0.3, -0.25) is 4.79 Å². The number of hydrogen-bond acceptors (Lipinski definition) is 5. The van der Waals surface area contributed by atoms with Gasteiger partial charge < -0.3 is 19.5 Å². The third-order valence-corrected chi connectivity index (χ3v) is 6.17. The van der Waals surface area contributed by atoms with Gasteiger partial charge in [0.25, 0.3) is 5.91 Å². The molecular formula is C24H32FN5O3. The first-order valence-electron chi connectivity index (χ1n) is 11.6. The molecule has 1 N–H and O–H groups in total. The lowest BCUT2D eigenvalue weighted by atomic mass is 9.94. The second-order valence-corrected chi connectivity index (χ2v) is 9.92. The van der Waals surface area contributed by atoms with Crippen molar-refractivity contribution in [1.29, 1.82) is 0 Å². The second kappa shape index (κ2) is 9.11. The Labute approximate surface area is 193 Å². The number of anilines is 1. The quantitative estimate of drug-likeness (QED) is 0.746. The zero-order valence-electron chi connectivity index (χ0n) is 19.7. The van der Waals surface area contributed by atoms with E-state index in [0.717, 1.165) is 48.6 Å². The molecule has 1 fully saturated rings. The monoisotopic (exact) mass is 457 g/mol. The van der Waals surface area contributed by atoms with Gasteiger partial charge in [0.1, 0.15) is 11.4 Å². The lowest BCUT2D eigenvalue weighted by molar-refractivity contribution is -0.125. The van der Waals surface area contributed by atoms with Crippen LogP contribution in [0.1, 0.15) is 51.4 Å². The number of nitrogens with zero attached hydrogens (tertiary/aromatic N) is 4. The summed E-state index contributed by atoms with van der Waals surface area (Å²) in [4.78, 5) is 26.1. The summed E-state index contributed by atoms with van der Waals surface area (Å²) in [6.45, 7) is 8.42. The molecule has 0 aliphatic carbocycles. The van der Waals surface area contributed by atoms with Crippen LogP contribution < -0.4 is 5.32 Å². The van der Waals surface area contributed by atoms with E-state index in [1.54, 1.807) is 26.8 Å². The normalized spacial score (nSPS) is 17.5. The molecule has 9 heteroatoms. The Balaban J connectivity index is 1.42. The van der Waals surface area contributed by atoms with Crippen LogP contribution in [0.2, 0.25) is 0 Å². The van der Waals surface area contributed by atoms with Gasteiger partial charge in [0, 0.05) is 43.2 Å². The maximum absolute atomic E-state index is 14.9. The summed E-state index contributed by atoms with van der Waals surface area (Å²) in [5, 5.41) is 11.5. The van der Waals surface area contributed by atoms with Crippen LogP contribution in [0.5, 0.6) is 0 Å². The highest BCUT2D eigenvalue weighted by molar-refractivity contribution is 5.96. The second-order valence-electron chi connectivity index (χ2n) is 9.92. The fraction of sp³-hybridized carbons (Fsp3) is 0.583. The molecule has 2 amide bonds. The highest BCUT2D eigenvalue weighted by Gasteiger charge is 2.41. The number of aromatic nitrogens is 3. The lowest BCUT2D eigenvalue weighted by Gasteiger charge is -2.40. The first-order valence-corrected chi connectivity index (χ1v) is 11.6. The van der Waals surface area contributed by atoms with E-state index in [0.29, 0.717) is 5.69 Å². The lowest BCUT2D eigenvalue weighted by Crippen LogP contribution is -2.56. The molecular weight excluding hydrogens is 425 g/mol. The van der Waals surface area contributed by atoms with E-state index >= 15 is 0 Å². The molecule has 1 unspecified atom stereocenters. The van der Waals surface area contributed by atoms with E-state index in [1.807, 2.05) is 19.1 Å². The zero-order valence-corrected chi connectivity index (χ0v) is 19.7. The Bertz CT molecular complexity index is 1040. The number of hydrogen-bond donors (Lipinski definition) is 1. The highest BCUT2D eigenvalue weighted by atomic mass is 19.1. The largest absolute Gasteiger partial charge is 0.444 e. The predicted octanol–water partition coefficient (Wildman–Crippen LogP) is 4.12. The number of fused-ring (bicyclic) bond motifs is 1. The summed E-state index contributed by atoms with van der Waals surface area (Å²) in [6.07, 6.45) is 2.07. The number of ether oxygens (including phenoxy) is 1. The molecule has 2 aliphatic heterocycles. The van der Waals surface area contributed by atoms with E-state index in [2.05, 4.69) is 20.1 Å². The van der Waals surface area contributed by atoms with Crippen molar-refractivity contribution in [1.82, 2.24) is 19.7 Å². The molecule has 1 aromatic carbocycles. The summed E-state index contributed by atoms with van der Waals surface area (Å²) in [6, 6.07) is 5.54. The maximum atomic E-state index is 14.9. The summed E-state index contributed by atoms with van der Waals surface area (Å²) in [7, 11) is 0. The number of aryl methyl sites for hydroxylation is 1. The average molecular weight is 458 g/mol. The Hall–Kier alpha value is -2.97. The van der Waals surface area contributed by atoms with E-state index < -0.39 is 29.7 Å². The Morgan fingerprint density at radius 2 is 1.94 bits per heavy atom. The van der Waals surface area contributed by atoms with E-state index in [4.69, 9.17) is 4.74 Å². The molecule has 0 radical (unpaired) electrons. The van der Waals surface area contributed by atoms with Crippen molar-refractivity contribution < 1.29 is 18.7 Å². The van der Waals surface area contributed by atoms with Crippen LogP contribution in [0, 0.1) is 12.8 Å². The van der Waals surface area contributed by atoms with Gasteiger partial charge in [0.05, 0.1) is 0 Å². The van der Waals surface area contributed by atoms with Crippen LogP contribution in [-0.4, -0.2) is 56.5 Å². The SMILES string of the molecule is Cc1c(NC(=O)C(F)C2CN(C(=O)OC(C)(C)C)C2)cccc1-c1nnc2n1CCCCC2. The van der Waals surface area contributed by atoms with Gasteiger partial charge in [-0.25, -0.2) is 9.18 Å². The minimum atomic E-state index is -1.71. The van der Waals surface area contributed by atoms with Crippen molar-refractivity contribution in [3.05, 3.63) is 29.6 Å². The third-order valence-electron chi connectivity index (χ3n) is 6.17. The molecule has 1 saturated heterocycles. The van der Waals surface area contributed by atoms with Crippen LogP contribution >= 0.6 is 0 Å². The standard InChI is InChI=1S/C24H32FN5O3/c1-15-17(21-28-27-19-11-6-5-7-12-30(19)21)9-8-10-18(15)26-22(31)20(25)16-13-29(14-16)23(32)33-24(2,3)4/h8-10,16,20H,5-7,11-14H2,1-4H3,(H,26,31). The zero-order chi connectivity index (χ0) is 23.8. The number of benzene rings is 1. The van der Waals surface area contributed by atoms with Gasteiger partial charge in [0.15, 0.2) is 12.0 Å². The molecule has 1 atom stereocenters. The summed E-state index contributed by atoms with van der Waals surface area (Å²) in [5.41, 5.74) is 1.64. The van der Waals surface area contributed by atoms with E-state index in [1.165, 1.54) is 11.3 Å². The van der Waals surface area contributed by atoms with Crippen LogP contribution in [0.4, 0.5) is 14.9 Å². The van der Waals surface area contributed by atoms with Crippen LogP contribution in [0.25, 0.3) is 11.4 Å². The molecule has 2 aromatic rings. The van der Waals surface area contributed by atoms with Crippen molar-refractivity contribution in [2.45, 2.75) is 71.7 Å². The van der Waals surface area contributed by atoms with Gasteiger partial charge in [-0.2, -0.15) is 0 Å². The van der Waals surface area contributed by atoms with Gasteiger partial charge in [-0.1, -0.05) is 18.6 Å². The number of halogens is 1. The third kappa shape index (κ3) is 5.02. The van der Waals surface area contributed by atoms with Crippen molar-refractivity contribution >= 4 is 17.7 Å². The molecule has 3 heterocycles. The molecule has 1 aromatic heterocycles. The summed E-state index contributed by atoms with van der Waals surface area (Å²) < 4.78 is 22.3. The Morgan fingerprint density at radius 1 is 1.18 bits per heavy atom. The topological polar surface area (TPSA) is 89.3 Å². The number of carbonyl (C=O) groups excluding carboxylic acids is 2. The van der Waals surface area contributed by atoms with E-state index in [-0.39, 0.29) is 13.1 Å². The molecule has 33 heavy (non-hydrogen) atoms. The molecule has 0 bridgehead atoms. The van der Waals surface area contributed by atoms with Crippen LogP contribution in [0.3, 0.4) is 0 Å². The predicted molar refractivity (Wildman–Crippen MR) is 123 cm³/mol. The van der Waals surface area contributed by atoms with Crippen LogP contribution in [-0.2, 0) is 22.5 Å². The Morgan fingerprint density at radius 3 is 2.67 bits per heavy atom. The molecule has 4 rings (SSSR count). The number of likely N-dealkylation sites (tertiary alicyclic amines) is 1. The fourth-order valence-electron chi connectivity index (χ4n) is 4.29. The van der Waals surface area contributed by atoms with Crippen molar-refractivity contribution in [3.63, 3.8) is 0 Å². The molecule has 8 nitrogen and oxygen atoms in total. The van der Waals surface area contributed by atoms with Gasteiger partial charge in [-0.15, -0.1) is 10.2 Å². The average Bonchev–Trinajstić information content (AvgIpc) is 2.94. The minimum Gasteiger partial charge on any atom is -0.444 e. The first-order chi connectivity index (χ1) is 15.6. The summed E-state index contributed by atoms with van der Waals surface area (Å²) in [5.74, 6) is 0.515. The molecule has 0 spiro atoms. The van der Waals surface area contributed by atoms with E-state index in [9.17, 15) is 14.0 Å². The molecule has 2 aliphatic rings. The highest BCUT2D eigenvalue weighted by Crippen LogP contribution is 2.31. The molecule has 0 saturated carbocycles. The summed E-state index contributed by atoms with van der Waals surface area (Å²) >= 11 is 0. The van der Waals surface area contributed by atoms with Crippen molar-refractivity contribution in [3.8, 4) is 11.4 Å². The Kier molecular flexibility index (Phi) is 6.41. The van der Waals surface area contributed by atoms with Crippen molar-refractivity contribution in [2.24, 2.45) is 5.92 Å². The maximum Gasteiger partial charge on any atom is 0.410 e. The van der Waals surface area contributed by atoms with Gasteiger partial charge in [0.2, 0.25) is 0 Å². The number of alkyl halides is 1. The smallest absolute Gasteiger partial charge is 0.410 e. The van der Waals surface area contributed by atoms with Crippen LogP contribution in [0.15, 0.2) is 18.2 Å². The van der Waals surface area contributed by atoms with Gasteiger partial charge >= 0.3 is 6.09 Å². The fourth-order valence-corrected chi connectivity index (χ4v) is 4.29. The van der Waals surface area contributed by atoms with Gasteiger partial charge in [-0.05, 0) is 52.2 Å². The minimum absolute atomic E-state index is 0.161. The number of carbonyl (C=O) groups is 2. The molecule has 178 valence electrons. The number of amides is 2. The number of rotatable bonds is 4. The number of nitrogens with one attached hydrogen (secondary N) is 1. The first kappa shape index (κ1) is 23.2. The van der Waals surface area contributed by atoms with Crippen molar-refractivity contribution in [2.75, 3.05) is 18.4 Å².